The maximum Gasteiger partial charge on any atom is 0.326 e. The van der Waals surface area contributed by atoms with Crippen molar-refractivity contribution >= 4 is 17.9 Å². The summed E-state index contributed by atoms with van der Waals surface area (Å²) in [6, 6.07) is -1.59. The molecule has 3 amide bonds. The smallest absolute Gasteiger partial charge is 0.326 e. The number of carbonyl (C=O) groups is 3. The molecule has 4 N–H and O–H groups in total. The zero-order chi connectivity index (χ0) is 15.9. The van der Waals surface area contributed by atoms with Crippen molar-refractivity contribution in [1.29, 1.82) is 0 Å². The van der Waals surface area contributed by atoms with Gasteiger partial charge in [0.1, 0.15) is 6.04 Å². The third kappa shape index (κ3) is 6.96. The van der Waals surface area contributed by atoms with Crippen molar-refractivity contribution in [3.63, 3.8) is 0 Å². The van der Waals surface area contributed by atoms with Gasteiger partial charge < -0.3 is 21.1 Å². The minimum atomic E-state index is -1.17. The summed E-state index contributed by atoms with van der Waals surface area (Å²) in [5.74, 6) is -1.49. The zero-order valence-corrected chi connectivity index (χ0v) is 12.5. The van der Waals surface area contributed by atoms with Crippen LogP contribution in [0.4, 0.5) is 4.79 Å². The maximum atomic E-state index is 12.1. The lowest BCUT2D eigenvalue weighted by Crippen LogP contribution is -2.51. The monoisotopic (exact) mass is 287 g/mol. The SMILES string of the molecule is CC(C)CN(C(=O)N[C@@H](CCC(N)=O)C(=O)O)C(C)C. The minimum Gasteiger partial charge on any atom is -0.480 e. The van der Waals surface area contributed by atoms with Crippen LogP contribution >= 0.6 is 0 Å². The van der Waals surface area contributed by atoms with E-state index >= 15 is 0 Å². The Morgan fingerprint density at radius 1 is 1.20 bits per heavy atom. The fraction of sp³-hybridized carbons (Fsp3) is 0.769. The van der Waals surface area contributed by atoms with Gasteiger partial charge >= 0.3 is 12.0 Å². The molecule has 0 saturated carbocycles. The summed E-state index contributed by atoms with van der Waals surface area (Å²) >= 11 is 0. The second-order valence-electron chi connectivity index (χ2n) is 5.49. The Labute approximate surface area is 119 Å². The van der Waals surface area contributed by atoms with Crippen molar-refractivity contribution in [3.05, 3.63) is 0 Å². The second-order valence-corrected chi connectivity index (χ2v) is 5.49. The van der Waals surface area contributed by atoms with E-state index in [0.29, 0.717) is 6.54 Å². The van der Waals surface area contributed by atoms with Crippen LogP contribution in [0.5, 0.6) is 0 Å². The molecule has 20 heavy (non-hydrogen) atoms. The van der Waals surface area contributed by atoms with Gasteiger partial charge in [-0.15, -0.1) is 0 Å². The summed E-state index contributed by atoms with van der Waals surface area (Å²) in [4.78, 5) is 35.5. The molecule has 0 spiro atoms. The van der Waals surface area contributed by atoms with Gasteiger partial charge in [-0.2, -0.15) is 0 Å². The van der Waals surface area contributed by atoms with Crippen molar-refractivity contribution in [2.24, 2.45) is 11.7 Å². The van der Waals surface area contributed by atoms with Crippen molar-refractivity contribution in [3.8, 4) is 0 Å². The molecule has 0 aromatic rings. The zero-order valence-electron chi connectivity index (χ0n) is 12.5. The van der Waals surface area contributed by atoms with Crippen LogP contribution in [0, 0.1) is 5.92 Å². The lowest BCUT2D eigenvalue weighted by molar-refractivity contribution is -0.139. The first-order valence-electron chi connectivity index (χ1n) is 6.73. The summed E-state index contributed by atoms with van der Waals surface area (Å²) in [7, 11) is 0. The number of urea groups is 1. The Bertz CT molecular complexity index is 356. The molecule has 116 valence electrons. The van der Waals surface area contributed by atoms with Crippen LogP contribution in [0.2, 0.25) is 0 Å². The molecule has 1 atom stereocenters. The summed E-state index contributed by atoms with van der Waals surface area (Å²) < 4.78 is 0. The quantitative estimate of drug-likeness (QED) is 0.612. The van der Waals surface area contributed by atoms with Gasteiger partial charge in [0, 0.05) is 19.0 Å². The highest BCUT2D eigenvalue weighted by Crippen LogP contribution is 2.06. The van der Waals surface area contributed by atoms with Crippen LogP contribution in [0.15, 0.2) is 0 Å². The van der Waals surface area contributed by atoms with Crippen LogP contribution in [-0.4, -0.2) is 46.5 Å². The molecule has 0 aromatic carbocycles. The Kier molecular flexibility index (Phi) is 7.64. The van der Waals surface area contributed by atoms with Crippen molar-refractivity contribution in [2.45, 2.75) is 52.6 Å². The normalized spacial score (nSPS) is 12.3. The molecule has 0 unspecified atom stereocenters. The fourth-order valence-electron chi connectivity index (χ4n) is 1.70. The van der Waals surface area contributed by atoms with E-state index in [1.165, 1.54) is 0 Å². The van der Waals surface area contributed by atoms with Gasteiger partial charge in [0.15, 0.2) is 0 Å². The first-order valence-corrected chi connectivity index (χ1v) is 6.73. The van der Waals surface area contributed by atoms with Gasteiger partial charge in [0.25, 0.3) is 0 Å². The van der Waals surface area contributed by atoms with Crippen LogP contribution < -0.4 is 11.1 Å². The van der Waals surface area contributed by atoms with E-state index in [1.54, 1.807) is 4.90 Å². The number of amides is 3. The highest BCUT2D eigenvalue weighted by atomic mass is 16.4. The Hall–Kier alpha value is -1.79. The predicted molar refractivity (Wildman–Crippen MR) is 75.1 cm³/mol. The second kappa shape index (κ2) is 8.39. The minimum absolute atomic E-state index is 0.00990. The van der Waals surface area contributed by atoms with Gasteiger partial charge in [-0.25, -0.2) is 9.59 Å². The van der Waals surface area contributed by atoms with Crippen LogP contribution in [0.3, 0.4) is 0 Å². The maximum absolute atomic E-state index is 12.1. The molecule has 0 aliphatic carbocycles. The first kappa shape index (κ1) is 18.2. The fourth-order valence-corrected chi connectivity index (χ4v) is 1.70. The number of primary amides is 1. The van der Waals surface area contributed by atoms with E-state index in [0.717, 1.165) is 0 Å². The average molecular weight is 287 g/mol. The molecule has 0 rings (SSSR count). The number of rotatable bonds is 8. The molecule has 0 aromatic heterocycles. The topological polar surface area (TPSA) is 113 Å². The third-order valence-electron chi connectivity index (χ3n) is 2.72. The number of nitrogens with one attached hydrogen (secondary N) is 1. The summed E-state index contributed by atoms with van der Waals surface area (Å²) in [5.41, 5.74) is 4.99. The number of nitrogens with zero attached hydrogens (tertiary/aromatic N) is 1. The number of carbonyl (C=O) groups excluding carboxylic acids is 2. The molecule has 0 aliphatic heterocycles. The summed E-state index contributed by atoms with van der Waals surface area (Å²) in [5, 5.41) is 11.5. The highest BCUT2D eigenvalue weighted by molar-refractivity contribution is 5.83. The van der Waals surface area contributed by atoms with Crippen LogP contribution in [0.1, 0.15) is 40.5 Å². The highest BCUT2D eigenvalue weighted by Gasteiger charge is 2.25. The number of nitrogens with two attached hydrogens (primary N) is 1. The number of hydrogen-bond acceptors (Lipinski definition) is 3. The summed E-state index contributed by atoms with van der Waals surface area (Å²) in [6.07, 6.45) is -0.0902. The van der Waals surface area contributed by atoms with Gasteiger partial charge in [-0.3, -0.25) is 4.79 Å². The summed E-state index contributed by atoms with van der Waals surface area (Å²) in [6.45, 7) is 8.21. The standard InChI is InChI=1S/C13H25N3O4/c1-8(2)7-16(9(3)4)13(20)15-10(12(18)19)5-6-11(14)17/h8-10H,5-7H2,1-4H3,(H2,14,17)(H,15,20)(H,18,19)/t10-/m0/s1. The van der Waals surface area contributed by atoms with E-state index in [4.69, 9.17) is 10.8 Å². The van der Waals surface area contributed by atoms with Gasteiger partial charge in [0.2, 0.25) is 5.91 Å². The van der Waals surface area contributed by atoms with E-state index in [2.05, 4.69) is 5.32 Å². The van der Waals surface area contributed by atoms with E-state index < -0.39 is 23.9 Å². The van der Waals surface area contributed by atoms with Gasteiger partial charge in [-0.05, 0) is 26.2 Å². The Balaban J connectivity index is 4.70. The molecular formula is C13H25N3O4. The Morgan fingerprint density at radius 3 is 2.10 bits per heavy atom. The molecule has 7 nitrogen and oxygen atoms in total. The lowest BCUT2D eigenvalue weighted by atomic mass is 10.1. The molecule has 7 heteroatoms. The van der Waals surface area contributed by atoms with Crippen molar-refractivity contribution in [2.75, 3.05) is 6.54 Å². The van der Waals surface area contributed by atoms with Crippen molar-refractivity contribution < 1.29 is 19.5 Å². The molecule has 0 fully saturated rings. The molecule has 0 radical (unpaired) electrons. The van der Waals surface area contributed by atoms with E-state index in [1.807, 2.05) is 27.7 Å². The molecule has 0 saturated heterocycles. The largest absolute Gasteiger partial charge is 0.480 e. The average Bonchev–Trinajstić information content (AvgIpc) is 2.29. The van der Waals surface area contributed by atoms with Crippen LogP contribution in [-0.2, 0) is 9.59 Å². The predicted octanol–water partition coefficient (Wildman–Crippen LogP) is 0.781. The molecule has 0 heterocycles. The Morgan fingerprint density at radius 2 is 1.75 bits per heavy atom. The van der Waals surface area contributed by atoms with Crippen molar-refractivity contribution in [1.82, 2.24) is 10.2 Å². The number of hydrogen-bond donors (Lipinski definition) is 3. The van der Waals surface area contributed by atoms with E-state index in [-0.39, 0.29) is 24.8 Å². The van der Waals surface area contributed by atoms with Crippen LogP contribution in [0.25, 0.3) is 0 Å². The molecule has 0 bridgehead atoms. The number of carboxylic acids is 1. The molecule has 0 aliphatic rings. The lowest BCUT2D eigenvalue weighted by Gasteiger charge is -2.30. The van der Waals surface area contributed by atoms with Gasteiger partial charge in [0.05, 0.1) is 0 Å². The van der Waals surface area contributed by atoms with Gasteiger partial charge in [-0.1, -0.05) is 13.8 Å². The number of aliphatic carboxylic acids is 1. The third-order valence-corrected chi connectivity index (χ3v) is 2.72. The van der Waals surface area contributed by atoms with E-state index in [9.17, 15) is 14.4 Å². The first-order chi connectivity index (χ1) is 9.15. The number of carboxylic acid groups (broad SMARTS) is 1. The molecular weight excluding hydrogens is 262 g/mol.